The number of hydrogen-bond acceptors (Lipinski definition) is 6. The van der Waals surface area contributed by atoms with Crippen LogP contribution in [-0.4, -0.2) is 29.3 Å². The molecule has 2 aromatic rings. The Morgan fingerprint density at radius 2 is 2.09 bits per heavy atom. The van der Waals surface area contributed by atoms with Crippen molar-refractivity contribution in [1.82, 2.24) is 10.3 Å². The molecule has 0 aliphatic carbocycles. The maximum atomic E-state index is 11.9. The van der Waals surface area contributed by atoms with Crippen LogP contribution in [0.5, 0.6) is 5.19 Å². The van der Waals surface area contributed by atoms with Crippen LogP contribution in [-0.2, 0) is 16.1 Å². The summed E-state index contributed by atoms with van der Waals surface area (Å²) in [5.74, 6) is -1.04. The summed E-state index contributed by atoms with van der Waals surface area (Å²) in [5.41, 5.74) is 0.844. The highest BCUT2D eigenvalue weighted by atomic mass is 32.1. The summed E-state index contributed by atoms with van der Waals surface area (Å²) in [6, 6.07) is 8.48. The number of aliphatic carboxylic acids is 1. The number of nitrogens with zero attached hydrogens (tertiary/aromatic N) is 1. The number of carboxylic acids is 1. The minimum Gasteiger partial charge on any atom is -0.481 e. The molecule has 1 heterocycles. The number of alkyl carbamates (subject to hydrolysis) is 1. The average molecular weight is 336 g/mol. The number of carbonyl (C=O) groups excluding carboxylic acids is 1. The number of amides is 1. The lowest BCUT2D eigenvalue weighted by atomic mass is 10.2. The highest BCUT2D eigenvalue weighted by Crippen LogP contribution is 2.28. The molecule has 0 bridgehead atoms. The molecule has 1 aromatic heterocycles. The molecule has 122 valence electrons. The number of carbonyl (C=O) groups is 2. The molecule has 2 rings (SSSR count). The predicted molar refractivity (Wildman–Crippen MR) is 83.4 cm³/mol. The van der Waals surface area contributed by atoms with Crippen molar-refractivity contribution in [2.45, 2.75) is 19.1 Å². The summed E-state index contributed by atoms with van der Waals surface area (Å²) in [7, 11) is 1.47. The van der Waals surface area contributed by atoms with E-state index in [1.807, 2.05) is 30.3 Å². The number of benzene rings is 1. The van der Waals surface area contributed by atoms with E-state index in [0.29, 0.717) is 10.1 Å². The van der Waals surface area contributed by atoms with E-state index in [1.54, 1.807) is 0 Å². The normalized spacial score (nSPS) is 11.5. The Kier molecular flexibility index (Phi) is 5.93. The van der Waals surface area contributed by atoms with E-state index in [2.05, 4.69) is 10.3 Å². The van der Waals surface area contributed by atoms with Gasteiger partial charge in [0, 0.05) is 6.20 Å². The van der Waals surface area contributed by atoms with Gasteiger partial charge in [0.25, 0.3) is 5.19 Å². The Balaban J connectivity index is 1.96. The summed E-state index contributed by atoms with van der Waals surface area (Å²) in [5, 5.41) is 11.9. The van der Waals surface area contributed by atoms with Crippen LogP contribution in [0.4, 0.5) is 4.79 Å². The number of methoxy groups -OCH3 is 1. The SMILES string of the molecule is COc1ncc([C@H](CC(=O)O)NC(=O)OCc2ccccc2)s1. The van der Waals surface area contributed by atoms with Crippen molar-refractivity contribution in [3.63, 3.8) is 0 Å². The van der Waals surface area contributed by atoms with E-state index in [0.717, 1.165) is 5.56 Å². The average Bonchev–Trinajstić information content (AvgIpc) is 3.02. The first kappa shape index (κ1) is 16.8. The third-order valence-electron chi connectivity index (χ3n) is 2.90. The first-order valence-corrected chi connectivity index (χ1v) is 7.59. The van der Waals surface area contributed by atoms with Gasteiger partial charge in [-0.25, -0.2) is 9.78 Å². The van der Waals surface area contributed by atoms with E-state index in [1.165, 1.54) is 24.6 Å². The molecule has 0 aliphatic heterocycles. The smallest absolute Gasteiger partial charge is 0.407 e. The van der Waals surface area contributed by atoms with Crippen molar-refractivity contribution < 1.29 is 24.2 Å². The first-order chi connectivity index (χ1) is 11.1. The summed E-state index contributed by atoms with van der Waals surface area (Å²) in [6.45, 7) is 0.110. The second-order valence-electron chi connectivity index (χ2n) is 4.59. The third-order valence-corrected chi connectivity index (χ3v) is 3.98. The Bertz CT molecular complexity index is 659. The minimum atomic E-state index is -1.04. The van der Waals surface area contributed by atoms with E-state index in [-0.39, 0.29) is 13.0 Å². The largest absolute Gasteiger partial charge is 0.481 e. The number of hydrogen-bond donors (Lipinski definition) is 2. The molecule has 2 N–H and O–H groups in total. The zero-order chi connectivity index (χ0) is 16.7. The lowest BCUT2D eigenvalue weighted by Crippen LogP contribution is -2.30. The van der Waals surface area contributed by atoms with Crippen molar-refractivity contribution in [3.05, 3.63) is 47.0 Å². The van der Waals surface area contributed by atoms with Crippen molar-refractivity contribution in [2.24, 2.45) is 0 Å². The summed E-state index contributed by atoms with van der Waals surface area (Å²) >= 11 is 1.17. The van der Waals surface area contributed by atoms with E-state index in [9.17, 15) is 9.59 Å². The van der Waals surface area contributed by atoms with Gasteiger partial charge in [-0.05, 0) is 5.56 Å². The van der Waals surface area contributed by atoms with Gasteiger partial charge >= 0.3 is 12.1 Å². The molecule has 0 spiro atoms. The molecule has 23 heavy (non-hydrogen) atoms. The maximum Gasteiger partial charge on any atom is 0.407 e. The quantitative estimate of drug-likeness (QED) is 0.806. The van der Waals surface area contributed by atoms with Crippen LogP contribution in [0.3, 0.4) is 0 Å². The molecule has 1 aromatic carbocycles. The maximum absolute atomic E-state index is 11.9. The van der Waals surface area contributed by atoms with Crippen LogP contribution >= 0.6 is 11.3 Å². The lowest BCUT2D eigenvalue weighted by molar-refractivity contribution is -0.137. The lowest BCUT2D eigenvalue weighted by Gasteiger charge is -2.15. The number of nitrogens with one attached hydrogen (secondary N) is 1. The van der Waals surface area contributed by atoms with Crippen LogP contribution in [0.1, 0.15) is 22.9 Å². The fourth-order valence-corrected chi connectivity index (χ4v) is 2.61. The monoisotopic (exact) mass is 336 g/mol. The van der Waals surface area contributed by atoms with Crippen LogP contribution in [0.15, 0.2) is 36.5 Å². The number of thiazole rings is 1. The van der Waals surface area contributed by atoms with Gasteiger partial charge in [-0.15, -0.1) is 0 Å². The number of aromatic nitrogens is 1. The van der Waals surface area contributed by atoms with Crippen LogP contribution in [0.25, 0.3) is 0 Å². The molecule has 0 radical (unpaired) electrons. The first-order valence-electron chi connectivity index (χ1n) is 6.77. The number of carboxylic acid groups (broad SMARTS) is 1. The van der Waals surface area contributed by atoms with E-state index >= 15 is 0 Å². The van der Waals surface area contributed by atoms with Crippen molar-refractivity contribution in [1.29, 1.82) is 0 Å². The van der Waals surface area contributed by atoms with Gasteiger partial charge in [0.1, 0.15) is 6.61 Å². The standard InChI is InChI=1S/C15H16N2O5S/c1-21-15-16-8-12(23-15)11(7-13(18)19)17-14(20)22-9-10-5-3-2-4-6-10/h2-6,8,11H,7,9H2,1H3,(H,17,20)(H,18,19)/t11-/m0/s1. The van der Waals surface area contributed by atoms with Crippen molar-refractivity contribution >= 4 is 23.4 Å². The fraction of sp³-hybridized carbons (Fsp3) is 0.267. The Labute approximate surface area is 136 Å². The summed E-state index contributed by atoms with van der Waals surface area (Å²) in [6.07, 6.45) is 0.521. The van der Waals surface area contributed by atoms with Gasteiger partial charge in [0.15, 0.2) is 0 Å². The summed E-state index contributed by atoms with van der Waals surface area (Å²) < 4.78 is 10.1. The third kappa shape index (κ3) is 5.26. The second kappa shape index (κ2) is 8.14. The van der Waals surface area contributed by atoms with Gasteiger partial charge in [0.05, 0.1) is 24.4 Å². The Morgan fingerprint density at radius 1 is 1.35 bits per heavy atom. The summed E-state index contributed by atoms with van der Waals surface area (Å²) in [4.78, 5) is 27.4. The van der Waals surface area contributed by atoms with Gasteiger partial charge in [-0.2, -0.15) is 0 Å². The molecule has 8 heteroatoms. The molecule has 7 nitrogen and oxygen atoms in total. The highest BCUT2D eigenvalue weighted by molar-refractivity contribution is 7.13. The van der Waals surface area contributed by atoms with Gasteiger partial charge < -0.3 is 19.9 Å². The molecule has 1 atom stereocenters. The van der Waals surface area contributed by atoms with Gasteiger partial charge in [-0.1, -0.05) is 41.7 Å². The van der Waals surface area contributed by atoms with Crippen LogP contribution < -0.4 is 10.1 Å². The number of rotatable bonds is 7. The molecule has 0 fully saturated rings. The highest BCUT2D eigenvalue weighted by Gasteiger charge is 2.21. The minimum absolute atomic E-state index is 0.110. The molecular weight excluding hydrogens is 320 g/mol. The zero-order valence-electron chi connectivity index (χ0n) is 12.4. The molecular formula is C15H16N2O5S. The van der Waals surface area contributed by atoms with E-state index < -0.39 is 18.1 Å². The van der Waals surface area contributed by atoms with Crippen molar-refractivity contribution in [2.75, 3.05) is 7.11 Å². The zero-order valence-corrected chi connectivity index (χ0v) is 13.2. The topological polar surface area (TPSA) is 97.8 Å². The number of ether oxygens (including phenoxy) is 2. The molecule has 0 saturated heterocycles. The molecule has 0 aliphatic rings. The predicted octanol–water partition coefficient (Wildman–Crippen LogP) is 2.59. The Morgan fingerprint density at radius 3 is 2.70 bits per heavy atom. The van der Waals surface area contributed by atoms with Crippen molar-refractivity contribution in [3.8, 4) is 5.19 Å². The molecule has 0 unspecified atom stereocenters. The second-order valence-corrected chi connectivity index (χ2v) is 5.61. The van der Waals surface area contributed by atoms with Gasteiger partial charge in [-0.3, -0.25) is 4.79 Å². The molecule has 1 amide bonds. The molecule has 0 saturated carbocycles. The Hall–Kier alpha value is -2.61. The van der Waals surface area contributed by atoms with E-state index in [4.69, 9.17) is 14.6 Å². The van der Waals surface area contributed by atoms with Crippen LogP contribution in [0.2, 0.25) is 0 Å². The fourth-order valence-electron chi connectivity index (χ4n) is 1.83. The van der Waals surface area contributed by atoms with Crippen LogP contribution in [0, 0.1) is 0 Å². The van der Waals surface area contributed by atoms with Gasteiger partial charge in [0.2, 0.25) is 0 Å².